The van der Waals surface area contributed by atoms with E-state index in [1.54, 1.807) is 6.92 Å². The van der Waals surface area contributed by atoms with Crippen molar-refractivity contribution in [3.8, 4) is 0 Å². The van der Waals surface area contributed by atoms with Gasteiger partial charge in [-0.2, -0.15) is 0 Å². The normalized spacial score (nSPS) is 59.2. The number of hydrogen-bond acceptors (Lipinski definition) is 12. The maximum atomic E-state index is 14.8. The Labute approximate surface area is 390 Å². The first-order valence-electron chi connectivity index (χ1n) is 26.2. The van der Waals surface area contributed by atoms with E-state index in [0.29, 0.717) is 44.4 Å². The molecule has 22 atom stereocenters. The van der Waals surface area contributed by atoms with Crippen molar-refractivity contribution in [2.24, 2.45) is 74.9 Å². The van der Waals surface area contributed by atoms with Crippen LogP contribution in [0.5, 0.6) is 0 Å². The van der Waals surface area contributed by atoms with Crippen LogP contribution < -0.4 is 0 Å². The largest absolute Gasteiger partial charge is 0.392 e. The molecule has 12 aliphatic rings. The lowest BCUT2D eigenvalue weighted by molar-refractivity contribution is -0.289. The van der Waals surface area contributed by atoms with Gasteiger partial charge in [0.25, 0.3) is 0 Å². The van der Waals surface area contributed by atoms with Crippen LogP contribution in [0.2, 0.25) is 0 Å². The Kier molecular flexibility index (Phi) is 8.66. The summed E-state index contributed by atoms with van der Waals surface area (Å²) in [4.78, 5) is 25.9. The first-order valence-corrected chi connectivity index (χ1v) is 26.2. The fraction of sp³-hybridized carbons (Fsp3) is 0.870. The standard InChI is InChI=1S/C54H76N2O10/c1-26-44-39(64-52(26)14-12-45(3,4)66-52)24-51(50(44,9)61)30-11-10-28-16-34-36(22-47(28,6)31(30)19-41(51)59)56-35-17-29-18-38(57)43-32(48(29,7)23-37(35)55-34)20-40(58)49(8)33(43)21-42-54(49,62)27(2)53(65-42)15-13-46(5,60)25-63-53/h21,26-32,38-40,42-44,57-58,60-62H,10-20,22-25H2,1-9H3/t26-,27+,28-,29+,30+,31-,32-,38-,39-,40+,42-,43+,44-,46-,47-,48-,49+,50-,51-,52+,53+,54+/m0/s1. The highest BCUT2D eigenvalue weighted by atomic mass is 16.7. The summed E-state index contributed by atoms with van der Waals surface area (Å²) in [6.07, 6.45) is 9.36. The third-order valence-corrected chi connectivity index (χ3v) is 23.5. The highest BCUT2D eigenvalue weighted by molar-refractivity contribution is 5.90. The molecule has 4 saturated heterocycles. The zero-order valence-electron chi connectivity index (χ0n) is 40.9. The Morgan fingerprint density at radius 3 is 2.03 bits per heavy atom. The summed E-state index contributed by atoms with van der Waals surface area (Å²) in [7, 11) is 0. The lowest BCUT2D eigenvalue weighted by atomic mass is 9.44. The van der Waals surface area contributed by atoms with Crippen molar-refractivity contribution in [1.82, 2.24) is 9.97 Å². The molecule has 3 spiro atoms. The molecule has 8 aliphatic carbocycles. The SMILES string of the molecule is C[C@@H]1[C@@]2(CC[C@](C)(O)CO2)O[C@H]2C=C3[C@@H]4[C@@H](O)C[C@H]5Cc6nc7c(nc6C[C@]5(C)[C@H]4C[C@@H](O)[C@]3(C)[C@]21O)C[C@@H]1CC[C@@H]2[C@H](CC(=O)[C@]23C[C@@H]2O[C@@]4(CCC(C)(C)O4)[C@@H](C)[C@@H]2[C@]3(C)O)[C@@]1(C)C7. The molecule has 0 unspecified atom stereocenters. The van der Waals surface area contributed by atoms with Gasteiger partial charge < -0.3 is 44.5 Å². The van der Waals surface area contributed by atoms with Crippen LogP contribution in [0.4, 0.5) is 0 Å². The minimum atomic E-state index is -1.44. The third-order valence-electron chi connectivity index (χ3n) is 23.5. The first kappa shape index (κ1) is 44.1. The zero-order chi connectivity index (χ0) is 46.5. The monoisotopic (exact) mass is 913 g/mol. The highest BCUT2D eigenvalue weighted by Crippen LogP contribution is 2.74. The Bertz CT molecular complexity index is 2340. The Morgan fingerprint density at radius 1 is 0.727 bits per heavy atom. The van der Waals surface area contributed by atoms with Crippen LogP contribution in [0.25, 0.3) is 0 Å². The van der Waals surface area contributed by atoms with Crippen molar-refractivity contribution in [3.63, 3.8) is 0 Å². The number of hydrogen-bond donors (Lipinski definition) is 5. The molecule has 362 valence electrons. The van der Waals surface area contributed by atoms with Gasteiger partial charge in [-0.1, -0.05) is 46.3 Å². The second-order valence-corrected chi connectivity index (χ2v) is 26.8. The lowest BCUT2D eigenvalue weighted by Crippen LogP contribution is -2.66. The molecule has 12 heteroatoms. The van der Waals surface area contributed by atoms with Gasteiger partial charge in [-0.3, -0.25) is 14.8 Å². The number of aliphatic hydroxyl groups is 5. The van der Waals surface area contributed by atoms with Gasteiger partial charge in [0.05, 0.1) is 69.9 Å². The second kappa shape index (κ2) is 13.0. The van der Waals surface area contributed by atoms with Crippen LogP contribution in [0, 0.1) is 74.9 Å². The number of Topliss-reactive ketones (excluding diaryl/α,β-unsaturated/α-hetero) is 1. The third kappa shape index (κ3) is 5.02. The number of ketones is 1. The van der Waals surface area contributed by atoms with E-state index in [1.165, 1.54) is 0 Å². The van der Waals surface area contributed by atoms with E-state index >= 15 is 0 Å². The van der Waals surface area contributed by atoms with E-state index in [1.807, 2.05) is 26.8 Å². The Hall–Kier alpha value is -1.87. The molecule has 5 heterocycles. The number of nitrogens with zero attached hydrogens (tertiary/aromatic N) is 2. The molecule has 5 saturated carbocycles. The van der Waals surface area contributed by atoms with E-state index < -0.39 is 63.4 Å². The summed E-state index contributed by atoms with van der Waals surface area (Å²) in [5.74, 6) is -1.71. The number of fused-ring (bicyclic) bond motifs is 14. The van der Waals surface area contributed by atoms with Crippen LogP contribution in [-0.4, -0.2) is 106 Å². The number of aromatic nitrogens is 2. The van der Waals surface area contributed by atoms with Crippen molar-refractivity contribution >= 4 is 5.78 Å². The molecule has 66 heavy (non-hydrogen) atoms. The summed E-state index contributed by atoms with van der Waals surface area (Å²) in [6.45, 7) is 19.0. The van der Waals surface area contributed by atoms with Crippen LogP contribution in [0.15, 0.2) is 11.6 Å². The van der Waals surface area contributed by atoms with Gasteiger partial charge in [-0.05, 0) is 139 Å². The summed E-state index contributed by atoms with van der Waals surface area (Å²) in [5.41, 5.74) is -0.991. The van der Waals surface area contributed by atoms with Crippen LogP contribution in [0.1, 0.15) is 149 Å². The smallest absolute Gasteiger partial charge is 0.174 e. The van der Waals surface area contributed by atoms with Gasteiger partial charge in [0, 0.05) is 48.3 Å². The van der Waals surface area contributed by atoms with Gasteiger partial charge in [0.1, 0.15) is 17.5 Å². The van der Waals surface area contributed by atoms with Gasteiger partial charge in [0.2, 0.25) is 0 Å². The maximum Gasteiger partial charge on any atom is 0.174 e. The summed E-state index contributed by atoms with van der Waals surface area (Å²) >= 11 is 0. The molecule has 12 nitrogen and oxygen atoms in total. The lowest BCUT2D eigenvalue weighted by Gasteiger charge is -2.62. The average Bonchev–Trinajstić information content (AvgIpc) is 3.99. The molecular formula is C54H76N2O10. The van der Waals surface area contributed by atoms with Crippen LogP contribution in [-0.2, 0) is 49.4 Å². The first-order chi connectivity index (χ1) is 30.8. The fourth-order valence-corrected chi connectivity index (χ4v) is 19.7. The molecule has 1 aromatic heterocycles. The van der Waals surface area contributed by atoms with Crippen molar-refractivity contribution in [3.05, 3.63) is 34.4 Å². The van der Waals surface area contributed by atoms with E-state index in [-0.39, 0.29) is 76.4 Å². The average molecular weight is 913 g/mol. The Morgan fingerprint density at radius 2 is 1.39 bits per heavy atom. The molecular weight excluding hydrogens is 837 g/mol. The quantitative estimate of drug-likeness (QED) is 0.200. The van der Waals surface area contributed by atoms with Crippen molar-refractivity contribution in [1.29, 1.82) is 0 Å². The molecule has 0 radical (unpaired) electrons. The van der Waals surface area contributed by atoms with E-state index in [0.717, 1.165) is 79.7 Å². The number of aliphatic hydroxyl groups excluding tert-OH is 2. The molecule has 0 aromatic carbocycles. The minimum absolute atomic E-state index is 0.0157. The second-order valence-electron chi connectivity index (χ2n) is 26.8. The number of rotatable bonds is 0. The fourth-order valence-electron chi connectivity index (χ4n) is 19.7. The predicted octanol–water partition coefficient (Wildman–Crippen LogP) is 5.73. The molecule has 0 amide bonds. The number of ether oxygens (including phenoxy) is 4. The molecule has 0 bridgehead atoms. The minimum Gasteiger partial charge on any atom is -0.392 e. The maximum absolute atomic E-state index is 14.8. The Balaban J connectivity index is 0.773. The summed E-state index contributed by atoms with van der Waals surface area (Å²) in [6, 6.07) is 0. The van der Waals surface area contributed by atoms with Crippen molar-refractivity contribution < 1.29 is 49.3 Å². The molecule has 13 rings (SSSR count). The topological polar surface area (TPSA) is 181 Å². The molecule has 9 fully saturated rings. The molecule has 5 N–H and O–H groups in total. The van der Waals surface area contributed by atoms with Gasteiger partial charge >= 0.3 is 0 Å². The predicted molar refractivity (Wildman–Crippen MR) is 240 cm³/mol. The van der Waals surface area contributed by atoms with E-state index in [2.05, 4.69) is 34.6 Å². The molecule has 4 aliphatic heterocycles. The van der Waals surface area contributed by atoms with E-state index in [4.69, 9.17) is 28.9 Å². The van der Waals surface area contributed by atoms with Gasteiger partial charge in [0.15, 0.2) is 11.6 Å². The zero-order valence-corrected chi connectivity index (χ0v) is 40.9. The van der Waals surface area contributed by atoms with Gasteiger partial charge in [-0.15, -0.1) is 0 Å². The van der Waals surface area contributed by atoms with Crippen LogP contribution >= 0.6 is 0 Å². The van der Waals surface area contributed by atoms with Crippen LogP contribution in [0.3, 0.4) is 0 Å². The summed E-state index contributed by atoms with van der Waals surface area (Å²) in [5, 5.41) is 61.3. The number of carbonyl (C=O) groups excluding carboxylic acids is 1. The number of carbonyl (C=O) groups is 1. The summed E-state index contributed by atoms with van der Waals surface area (Å²) < 4.78 is 26.5. The van der Waals surface area contributed by atoms with Crippen molar-refractivity contribution in [2.75, 3.05) is 6.61 Å². The van der Waals surface area contributed by atoms with E-state index in [9.17, 15) is 30.3 Å². The van der Waals surface area contributed by atoms with Crippen molar-refractivity contribution in [2.45, 2.75) is 211 Å². The highest BCUT2D eigenvalue weighted by Gasteiger charge is 2.80. The molecule has 1 aromatic rings. The van der Waals surface area contributed by atoms with Gasteiger partial charge in [-0.25, -0.2) is 0 Å².